The minimum Gasteiger partial charge on any atom is -0.272 e. The predicted octanol–water partition coefficient (Wildman–Crippen LogP) is 4.46. The average molecular weight is 362 g/mol. The number of hydrogen-bond acceptors (Lipinski definition) is 3. The Labute approximate surface area is 156 Å². The standard InChI is InChI=1S/C21H18N2O2S/c1-15(18-13-8-14-26-18)19-20(24)22(16-9-4-2-5-10-16)23(21(19)25)17-11-6-3-7-12-17/h2-15,19H,1H3. The minimum absolute atomic E-state index is 0.171. The number of nitrogens with zero attached hydrogens (tertiary/aromatic N) is 2. The summed E-state index contributed by atoms with van der Waals surface area (Å²) < 4.78 is 0. The number of para-hydroxylation sites is 2. The molecule has 0 N–H and O–H groups in total. The molecule has 1 aliphatic heterocycles. The summed E-state index contributed by atoms with van der Waals surface area (Å²) in [6.07, 6.45) is 0. The molecule has 2 aromatic carbocycles. The van der Waals surface area contributed by atoms with E-state index in [0.717, 1.165) is 4.88 Å². The van der Waals surface area contributed by atoms with Gasteiger partial charge in [0.1, 0.15) is 5.92 Å². The quantitative estimate of drug-likeness (QED) is 0.643. The van der Waals surface area contributed by atoms with Gasteiger partial charge in [-0.05, 0) is 35.7 Å². The van der Waals surface area contributed by atoms with Crippen LogP contribution in [-0.4, -0.2) is 11.8 Å². The van der Waals surface area contributed by atoms with Crippen molar-refractivity contribution < 1.29 is 9.59 Å². The van der Waals surface area contributed by atoms with Crippen molar-refractivity contribution >= 4 is 34.5 Å². The van der Waals surface area contributed by atoms with Crippen molar-refractivity contribution in [2.24, 2.45) is 5.92 Å². The van der Waals surface area contributed by atoms with Crippen molar-refractivity contribution in [3.8, 4) is 0 Å². The molecule has 2 amide bonds. The summed E-state index contributed by atoms with van der Waals surface area (Å²) in [4.78, 5) is 27.7. The van der Waals surface area contributed by atoms with Crippen LogP contribution in [0.5, 0.6) is 0 Å². The fraction of sp³-hybridized carbons (Fsp3) is 0.143. The van der Waals surface area contributed by atoms with Crippen molar-refractivity contribution in [3.63, 3.8) is 0 Å². The molecule has 0 saturated carbocycles. The summed E-state index contributed by atoms with van der Waals surface area (Å²) in [5.74, 6) is -1.28. The lowest BCUT2D eigenvalue weighted by Gasteiger charge is -2.27. The minimum atomic E-state index is -0.728. The van der Waals surface area contributed by atoms with Gasteiger partial charge in [-0.15, -0.1) is 11.3 Å². The highest BCUT2D eigenvalue weighted by molar-refractivity contribution is 7.10. The van der Waals surface area contributed by atoms with Gasteiger partial charge in [-0.2, -0.15) is 0 Å². The van der Waals surface area contributed by atoms with E-state index in [1.165, 1.54) is 10.0 Å². The van der Waals surface area contributed by atoms with Gasteiger partial charge in [-0.3, -0.25) is 9.59 Å². The van der Waals surface area contributed by atoms with Crippen LogP contribution in [0.15, 0.2) is 78.2 Å². The maximum Gasteiger partial charge on any atom is 0.259 e. The van der Waals surface area contributed by atoms with Crippen molar-refractivity contribution in [1.82, 2.24) is 0 Å². The third-order valence-corrected chi connectivity index (χ3v) is 5.72. The van der Waals surface area contributed by atoms with E-state index in [-0.39, 0.29) is 17.7 Å². The van der Waals surface area contributed by atoms with Crippen LogP contribution >= 0.6 is 11.3 Å². The average Bonchev–Trinajstić information content (AvgIpc) is 3.29. The van der Waals surface area contributed by atoms with Crippen molar-refractivity contribution in [1.29, 1.82) is 0 Å². The van der Waals surface area contributed by atoms with Crippen molar-refractivity contribution in [2.45, 2.75) is 12.8 Å². The Morgan fingerprint density at radius 2 is 1.27 bits per heavy atom. The van der Waals surface area contributed by atoms with Crippen molar-refractivity contribution in [3.05, 3.63) is 83.1 Å². The molecule has 1 aliphatic rings. The summed E-state index contributed by atoms with van der Waals surface area (Å²) in [6.45, 7) is 1.95. The number of rotatable bonds is 4. The summed E-state index contributed by atoms with van der Waals surface area (Å²) >= 11 is 1.57. The van der Waals surface area contributed by atoms with Gasteiger partial charge in [0, 0.05) is 10.8 Å². The largest absolute Gasteiger partial charge is 0.272 e. The molecule has 0 radical (unpaired) electrons. The number of hydrazine groups is 1. The van der Waals surface area contributed by atoms with Gasteiger partial charge in [-0.1, -0.05) is 49.4 Å². The molecule has 0 spiro atoms. The first-order valence-corrected chi connectivity index (χ1v) is 9.38. The molecule has 5 heteroatoms. The number of carbonyl (C=O) groups excluding carboxylic acids is 2. The SMILES string of the molecule is CC(c1cccs1)C1C(=O)N(c2ccccc2)N(c2ccccc2)C1=O. The van der Waals surface area contributed by atoms with Crippen LogP contribution in [-0.2, 0) is 9.59 Å². The normalized spacial score (nSPS) is 16.3. The van der Waals surface area contributed by atoms with E-state index in [1.807, 2.05) is 85.1 Å². The van der Waals surface area contributed by atoms with Gasteiger partial charge < -0.3 is 0 Å². The Kier molecular flexibility index (Phi) is 4.31. The van der Waals surface area contributed by atoms with Gasteiger partial charge in [0.05, 0.1) is 11.4 Å². The maximum absolute atomic E-state index is 13.3. The van der Waals surface area contributed by atoms with Gasteiger partial charge in [0.2, 0.25) is 0 Å². The molecular formula is C21H18N2O2S. The zero-order valence-electron chi connectivity index (χ0n) is 14.3. The molecule has 26 heavy (non-hydrogen) atoms. The number of hydrogen-bond donors (Lipinski definition) is 0. The monoisotopic (exact) mass is 362 g/mol. The molecule has 0 aliphatic carbocycles. The zero-order valence-corrected chi connectivity index (χ0v) is 15.1. The van der Waals surface area contributed by atoms with E-state index in [4.69, 9.17) is 0 Å². The predicted molar refractivity (Wildman–Crippen MR) is 104 cm³/mol. The highest BCUT2D eigenvalue weighted by Crippen LogP contribution is 2.39. The van der Waals surface area contributed by atoms with Crippen LogP contribution in [0.4, 0.5) is 11.4 Å². The third kappa shape index (κ3) is 2.70. The zero-order chi connectivity index (χ0) is 18.1. The van der Waals surface area contributed by atoms with Crippen LogP contribution in [0.25, 0.3) is 0 Å². The molecule has 4 nitrogen and oxygen atoms in total. The molecule has 3 aromatic rings. The van der Waals surface area contributed by atoms with Crippen LogP contribution in [0, 0.1) is 5.92 Å². The summed E-state index contributed by atoms with van der Waals surface area (Å²) in [7, 11) is 0. The molecule has 4 rings (SSSR count). The summed E-state index contributed by atoms with van der Waals surface area (Å²) in [5, 5.41) is 4.98. The second kappa shape index (κ2) is 6.77. The first-order valence-electron chi connectivity index (χ1n) is 8.50. The van der Waals surface area contributed by atoms with E-state index >= 15 is 0 Å². The number of benzene rings is 2. The Balaban J connectivity index is 1.80. The summed E-state index contributed by atoms with van der Waals surface area (Å²) in [6, 6.07) is 22.6. The highest BCUT2D eigenvalue weighted by atomic mass is 32.1. The van der Waals surface area contributed by atoms with E-state index in [2.05, 4.69) is 0 Å². The molecule has 1 unspecified atom stereocenters. The van der Waals surface area contributed by atoms with Crippen molar-refractivity contribution in [2.75, 3.05) is 10.0 Å². The molecule has 1 aromatic heterocycles. The molecule has 1 atom stereocenters. The lowest BCUT2D eigenvalue weighted by atomic mass is 9.92. The summed E-state index contributed by atoms with van der Waals surface area (Å²) in [5.41, 5.74) is 1.38. The topological polar surface area (TPSA) is 40.6 Å². The lowest BCUT2D eigenvalue weighted by molar-refractivity contribution is -0.127. The van der Waals surface area contributed by atoms with Crippen LogP contribution < -0.4 is 10.0 Å². The molecule has 1 fully saturated rings. The molecule has 130 valence electrons. The van der Waals surface area contributed by atoms with E-state index in [9.17, 15) is 9.59 Å². The van der Waals surface area contributed by atoms with Crippen LogP contribution in [0.1, 0.15) is 17.7 Å². The third-order valence-electron chi connectivity index (χ3n) is 4.64. The maximum atomic E-state index is 13.3. The number of anilines is 2. The fourth-order valence-corrected chi connectivity index (χ4v) is 4.15. The number of carbonyl (C=O) groups is 2. The van der Waals surface area contributed by atoms with E-state index < -0.39 is 5.92 Å². The van der Waals surface area contributed by atoms with E-state index in [0.29, 0.717) is 11.4 Å². The van der Waals surface area contributed by atoms with Gasteiger partial charge >= 0.3 is 0 Å². The first-order chi connectivity index (χ1) is 12.7. The lowest BCUT2D eigenvalue weighted by Crippen LogP contribution is -2.41. The second-order valence-electron chi connectivity index (χ2n) is 6.25. The Morgan fingerprint density at radius 3 is 1.69 bits per heavy atom. The van der Waals surface area contributed by atoms with E-state index in [1.54, 1.807) is 11.3 Å². The Hall–Kier alpha value is -2.92. The second-order valence-corrected chi connectivity index (χ2v) is 7.23. The molecule has 0 bridgehead atoms. The van der Waals surface area contributed by atoms with Gasteiger partial charge in [0.25, 0.3) is 11.8 Å². The smallest absolute Gasteiger partial charge is 0.259 e. The number of thiophene rings is 1. The van der Waals surface area contributed by atoms with Crippen LogP contribution in [0.3, 0.4) is 0 Å². The van der Waals surface area contributed by atoms with Crippen LogP contribution in [0.2, 0.25) is 0 Å². The highest BCUT2D eigenvalue weighted by Gasteiger charge is 2.49. The van der Waals surface area contributed by atoms with Gasteiger partial charge in [-0.25, -0.2) is 10.0 Å². The fourth-order valence-electron chi connectivity index (χ4n) is 3.33. The Morgan fingerprint density at radius 1 is 0.769 bits per heavy atom. The number of amides is 2. The molecule has 2 heterocycles. The van der Waals surface area contributed by atoms with Gasteiger partial charge in [0.15, 0.2) is 0 Å². The Bertz CT molecular complexity index is 852. The molecule has 1 saturated heterocycles. The first kappa shape index (κ1) is 16.5. The molecular weight excluding hydrogens is 344 g/mol.